The summed E-state index contributed by atoms with van der Waals surface area (Å²) in [5.41, 5.74) is 3.09. The third-order valence-electron chi connectivity index (χ3n) is 5.16. The summed E-state index contributed by atoms with van der Waals surface area (Å²) in [6, 6.07) is 18.2. The summed E-state index contributed by atoms with van der Waals surface area (Å²) in [7, 11) is 0. The van der Waals surface area contributed by atoms with Crippen LogP contribution in [-0.2, 0) is 11.3 Å². The van der Waals surface area contributed by atoms with Gasteiger partial charge in [0.2, 0.25) is 5.91 Å². The number of aryl methyl sites for hydroxylation is 1. The molecule has 3 aromatic rings. The summed E-state index contributed by atoms with van der Waals surface area (Å²) in [5.74, 6) is -0.346. The molecule has 4 rings (SSSR count). The predicted octanol–water partition coefficient (Wildman–Crippen LogP) is 4.10. The van der Waals surface area contributed by atoms with E-state index in [9.17, 15) is 14.0 Å². The van der Waals surface area contributed by atoms with Gasteiger partial charge in [-0.2, -0.15) is 0 Å². The average Bonchev–Trinajstić information content (AvgIpc) is 3.24. The van der Waals surface area contributed by atoms with Crippen LogP contribution in [0.15, 0.2) is 72.9 Å². The number of pyridine rings is 1. The molecule has 2 amide bonds. The van der Waals surface area contributed by atoms with Crippen molar-refractivity contribution in [3.63, 3.8) is 0 Å². The van der Waals surface area contributed by atoms with Crippen LogP contribution >= 0.6 is 11.8 Å². The van der Waals surface area contributed by atoms with Crippen molar-refractivity contribution in [2.75, 3.05) is 5.75 Å². The number of thioether (sulfide) groups is 1. The van der Waals surface area contributed by atoms with Gasteiger partial charge < -0.3 is 10.2 Å². The van der Waals surface area contributed by atoms with Crippen LogP contribution in [0.3, 0.4) is 0 Å². The van der Waals surface area contributed by atoms with Gasteiger partial charge >= 0.3 is 0 Å². The highest BCUT2D eigenvalue weighted by Crippen LogP contribution is 2.42. The van der Waals surface area contributed by atoms with Gasteiger partial charge in [-0.15, -0.1) is 11.8 Å². The largest absolute Gasteiger partial charge is 0.349 e. The third-order valence-corrected chi connectivity index (χ3v) is 6.48. The molecule has 2 heterocycles. The quantitative estimate of drug-likeness (QED) is 0.655. The number of aromatic nitrogens is 1. The number of amides is 2. The lowest BCUT2D eigenvalue weighted by molar-refractivity contribution is -0.125. The fraction of sp³-hybridized carbons (Fsp3) is 0.208. The van der Waals surface area contributed by atoms with E-state index in [1.807, 2.05) is 37.3 Å². The maximum Gasteiger partial charge on any atom is 0.255 e. The molecule has 31 heavy (non-hydrogen) atoms. The second-order valence-electron chi connectivity index (χ2n) is 7.37. The first-order valence-electron chi connectivity index (χ1n) is 9.97. The van der Waals surface area contributed by atoms with Crippen LogP contribution in [-0.4, -0.2) is 33.5 Å². The zero-order chi connectivity index (χ0) is 21.8. The molecule has 1 aromatic heterocycles. The zero-order valence-corrected chi connectivity index (χ0v) is 17.8. The molecule has 0 bridgehead atoms. The summed E-state index contributed by atoms with van der Waals surface area (Å²) >= 11 is 1.50. The van der Waals surface area contributed by atoms with E-state index in [2.05, 4.69) is 10.3 Å². The Balaban J connectivity index is 1.60. The Kier molecular flexibility index (Phi) is 6.32. The van der Waals surface area contributed by atoms with Crippen molar-refractivity contribution in [3.05, 3.63) is 101 Å². The molecule has 0 radical (unpaired) electrons. The monoisotopic (exact) mass is 435 g/mol. The number of benzene rings is 2. The van der Waals surface area contributed by atoms with Crippen molar-refractivity contribution in [2.45, 2.75) is 24.9 Å². The summed E-state index contributed by atoms with van der Waals surface area (Å²) in [6.07, 6.45) is 1.67. The molecule has 1 aliphatic heterocycles. The predicted molar refractivity (Wildman–Crippen MR) is 119 cm³/mol. The highest BCUT2D eigenvalue weighted by Gasteiger charge is 2.42. The van der Waals surface area contributed by atoms with Crippen molar-refractivity contribution in [1.82, 2.24) is 15.2 Å². The van der Waals surface area contributed by atoms with Crippen LogP contribution < -0.4 is 5.32 Å². The molecule has 7 heteroatoms. The molecule has 1 aliphatic rings. The Morgan fingerprint density at radius 3 is 2.52 bits per heavy atom. The minimum absolute atomic E-state index is 0.225. The Bertz CT molecular complexity index is 1060. The van der Waals surface area contributed by atoms with E-state index in [1.165, 1.54) is 23.9 Å². The number of rotatable bonds is 5. The molecule has 1 N–H and O–H groups in total. The van der Waals surface area contributed by atoms with Crippen molar-refractivity contribution in [2.24, 2.45) is 0 Å². The second-order valence-corrected chi connectivity index (χ2v) is 8.48. The Morgan fingerprint density at radius 1 is 1.10 bits per heavy atom. The fourth-order valence-corrected chi connectivity index (χ4v) is 4.91. The van der Waals surface area contributed by atoms with E-state index in [-0.39, 0.29) is 29.6 Å². The van der Waals surface area contributed by atoms with Crippen molar-refractivity contribution >= 4 is 23.6 Å². The molecular formula is C24H22FN3O2S. The molecule has 2 atom stereocenters. The van der Waals surface area contributed by atoms with Gasteiger partial charge in [0.15, 0.2) is 0 Å². The van der Waals surface area contributed by atoms with E-state index >= 15 is 0 Å². The topological polar surface area (TPSA) is 62.3 Å². The van der Waals surface area contributed by atoms with Gasteiger partial charge in [0.1, 0.15) is 17.2 Å². The van der Waals surface area contributed by atoms with Crippen LogP contribution in [0.25, 0.3) is 0 Å². The molecule has 0 saturated carbocycles. The molecule has 158 valence electrons. The molecule has 1 fully saturated rings. The van der Waals surface area contributed by atoms with Gasteiger partial charge in [0.05, 0.1) is 12.2 Å². The van der Waals surface area contributed by atoms with Gasteiger partial charge in [-0.05, 0) is 48.9 Å². The summed E-state index contributed by atoms with van der Waals surface area (Å²) in [6.45, 7) is 2.24. The third kappa shape index (κ3) is 4.77. The van der Waals surface area contributed by atoms with E-state index in [4.69, 9.17) is 0 Å². The Hall–Kier alpha value is -3.19. The maximum atomic E-state index is 13.4. The van der Waals surface area contributed by atoms with Crippen molar-refractivity contribution in [1.29, 1.82) is 0 Å². The smallest absolute Gasteiger partial charge is 0.255 e. The van der Waals surface area contributed by atoms with Crippen LogP contribution in [0.1, 0.15) is 32.6 Å². The number of halogens is 1. The summed E-state index contributed by atoms with van der Waals surface area (Å²) in [4.78, 5) is 32.3. The van der Waals surface area contributed by atoms with E-state index in [1.54, 1.807) is 35.4 Å². The van der Waals surface area contributed by atoms with Gasteiger partial charge in [-0.1, -0.05) is 35.9 Å². The number of nitrogens with one attached hydrogen (secondary N) is 1. The van der Waals surface area contributed by atoms with E-state index in [0.29, 0.717) is 11.3 Å². The Labute approximate surface area is 184 Å². The number of hydrogen-bond donors (Lipinski definition) is 1. The molecule has 2 aromatic carbocycles. The number of carbonyl (C=O) groups excluding carboxylic acids is 2. The van der Waals surface area contributed by atoms with Crippen molar-refractivity contribution in [3.8, 4) is 0 Å². The molecule has 2 unspecified atom stereocenters. The van der Waals surface area contributed by atoms with E-state index < -0.39 is 6.04 Å². The van der Waals surface area contributed by atoms with Crippen LogP contribution in [0.2, 0.25) is 0 Å². The first-order chi connectivity index (χ1) is 15.0. The normalized spacial score (nSPS) is 18.1. The molecule has 1 saturated heterocycles. The summed E-state index contributed by atoms with van der Waals surface area (Å²) in [5, 5.41) is 2.52. The van der Waals surface area contributed by atoms with Crippen LogP contribution in [0.5, 0.6) is 0 Å². The number of carbonyl (C=O) groups is 2. The zero-order valence-electron chi connectivity index (χ0n) is 17.0. The van der Waals surface area contributed by atoms with Gasteiger partial charge in [0.25, 0.3) is 5.91 Å². The molecular weight excluding hydrogens is 413 g/mol. The highest BCUT2D eigenvalue weighted by atomic mass is 32.2. The number of hydrogen-bond acceptors (Lipinski definition) is 4. The lowest BCUT2D eigenvalue weighted by Gasteiger charge is -2.29. The SMILES string of the molecule is Cc1ccc(C(=O)N2C(C(=O)NCc3ccccn3)CSC2c2ccc(F)cc2)cc1. The fourth-order valence-electron chi connectivity index (χ4n) is 3.48. The lowest BCUT2D eigenvalue weighted by Crippen LogP contribution is -2.47. The van der Waals surface area contributed by atoms with Crippen LogP contribution in [0, 0.1) is 12.7 Å². The van der Waals surface area contributed by atoms with Gasteiger partial charge in [-0.3, -0.25) is 14.6 Å². The van der Waals surface area contributed by atoms with Crippen LogP contribution in [0.4, 0.5) is 4.39 Å². The average molecular weight is 436 g/mol. The van der Waals surface area contributed by atoms with Crippen molar-refractivity contribution < 1.29 is 14.0 Å². The minimum atomic E-state index is -0.641. The highest BCUT2D eigenvalue weighted by molar-refractivity contribution is 7.99. The minimum Gasteiger partial charge on any atom is -0.349 e. The first-order valence-corrected chi connectivity index (χ1v) is 11.0. The Morgan fingerprint density at radius 2 is 1.84 bits per heavy atom. The molecule has 0 spiro atoms. The maximum absolute atomic E-state index is 13.4. The van der Waals surface area contributed by atoms with Gasteiger partial charge in [-0.25, -0.2) is 4.39 Å². The molecule has 5 nitrogen and oxygen atoms in total. The standard InChI is InChI=1S/C24H22FN3O2S/c1-16-5-7-17(8-6-16)23(30)28-21(22(29)27-14-20-4-2-3-13-26-20)15-31-24(28)18-9-11-19(25)12-10-18/h2-13,21,24H,14-15H2,1H3,(H,27,29). The lowest BCUT2D eigenvalue weighted by atomic mass is 10.1. The van der Waals surface area contributed by atoms with E-state index in [0.717, 1.165) is 16.8 Å². The summed E-state index contributed by atoms with van der Waals surface area (Å²) < 4.78 is 13.4. The number of nitrogens with zero attached hydrogens (tertiary/aromatic N) is 2. The first kappa shape index (κ1) is 21.1. The molecule has 0 aliphatic carbocycles. The van der Waals surface area contributed by atoms with Gasteiger partial charge in [0, 0.05) is 17.5 Å². The second kappa shape index (κ2) is 9.31.